The van der Waals surface area contributed by atoms with E-state index in [0.717, 1.165) is 30.4 Å². The van der Waals surface area contributed by atoms with E-state index in [2.05, 4.69) is 15.5 Å². The first-order valence-electron chi connectivity index (χ1n) is 6.05. The average Bonchev–Trinajstić information content (AvgIpc) is 2.65. The van der Waals surface area contributed by atoms with Gasteiger partial charge < -0.3 is 9.84 Å². The summed E-state index contributed by atoms with van der Waals surface area (Å²) in [5.41, 5.74) is 0. The topological polar surface area (TPSA) is 51.0 Å². The van der Waals surface area contributed by atoms with Crippen LogP contribution in [-0.4, -0.2) is 34.2 Å². The average molecular weight is 239 g/mol. The van der Waals surface area contributed by atoms with Crippen LogP contribution in [-0.2, 0) is 6.42 Å². The molecule has 0 radical (unpaired) electrons. The number of hydrogen-bond donors (Lipinski definition) is 1. The molecule has 2 aliphatic rings. The van der Waals surface area contributed by atoms with Gasteiger partial charge in [-0.15, -0.1) is 0 Å². The summed E-state index contributed by atoms with van der Waals surface area (Å²) < 4.78 is 5.31. The van der Waals surface area contributed by atoms with Gasteiger partial charge in [0.15, 0.2) is 5.82 Å². The van der Waals surface area contributed by atoms with Crippen LogP contribution >= 0.6 is 11.8 Å². The zero-order chi connectivity index (χ0) is 10.8. The van der Waals surface area contributed by atoms with Gasteiger partial charge in [-0.3, -0.25) is 0 Å². The number of rotatable bonds is 3. The minimum atomic E-state index is 0.508. The molecule has 0 aromatic carbocycles. The minimum Gasteiger partial charge on any atom is -0.339 e. The van der Waals surface area contributed by atoms with Gasteiger partial charge in [0.1, 0.15) is 0 Å². The second kappa shape index (κ2) is 4.75. The van der Waals surface area contributed by atoms with Gasteiger partial charge in [0, 0.05) is 36.4 Å². The molecule has 3 rings (SSSR count). The van der Waals surface area contributed by atoms with Crippen LogP contribution in [0.1, 0.15) is 36.9 Å². The number of nitrogens with one attached hydrogen (secondary N) is 1. The molecule has 2 fully saturated rings. The molecule has 4 nitrogen and oxygen atoms in total. The van der Waals surface area contributed by atoms with Crippen molar-refractivity contribution in [3.05, 3.63) is 11.7 Å². The van der Waals surface area contributed by atoms with E-state index in [1.165, 1.54) is 25.0 Å². The Balaban J connectivity index is 1.58. The van der Waals surface area contributed by atoms with Crippen molar-refractivity contribution in [3.8, 4) is 0 Å². The van der Waals surface area contributed by atoms with Crippen LogP contribution in [0.2, 0.25) is 0 Å². The predicted octanol–water partition coefficient (Wildman–Crippen LogP) is 1.58. The molecule has 1 aromatic rings. The second-order valence-corrected chi connectivity index (χ2v) is 5.75. The van der Waals surface area contributed by atoms with Crippen molar-refractivity contribution in [2.45, 2.75) is 37.6 Å². The molecular weight excluding hydrogens is 222 g/mol. The smallest absolute Gasteiger partial charge is 0.228 e. The first kappa shape index (κ1) is 10.6. The van der Waals surface area contributed by atoms with Crippen LogP contribution in [0.3, 0.4) is 0 Å². The Morgan fingerprint density at radius 1 is 1.44 bits per heavy atom. The fourth-order valence-corrected chi connectivity index (χ4v) is 3.09. The molecule has 1 aromatic heterocycles. The minimum absolute atomic E-state index is 0.508. The third kappa shape index (κ3) is 2.25. The lowest BCUT2D eigenvalue weighted by atomic mass is 9.85. The van der Waals surface area contributed by atoms with E-state index in [9.17, 15) is 0 Å². The number of nitrogens with zero attached hydrogens (tertiary/aromatic N) is 2. The summed E-state index contributed by atoms with van der Waals surface area (Å²) in [5.74, 6) is 4.69. The van der Waals surface area contributed by atoms with Gasteiger partial charge in [0.2, 0.25) is 5.89 Å². The summed E-state index contributed by atoms with van der Waals surface area (Å²) >= 11 is 2.00. The Hall–Kier alpha value is -0.550. The van der Waals surface area contributed by atoms with Crippen molar-refractivity contribution >= 4 is 11.8 Å². The summed E-state index contributed by atoms with van der Waals surface area (Å²) in [6.07, 6.45) is 4.66. The van der Waals surface area contributed by atoms with Crippen LogP contribution in [0.15, 0.2) is 4.52 Å². The van der Waals surface area contributed by atoms with E-state index in [1.54, 1.807) is 0 Å². The molecule has 1 saturated carbocycles. The molecule has 2 heterocycles. The van der Waals surface area contributed by atoms with Gasteiger partial charge in [-0.05, 0) is 12.8 Å². The zero-order valence-corrected chi connectivity index (χ0v) is 10.1. The molecule has 88 valence electrons. The summed E-state index contributed by atoms with van der Waals surface area (Å²) in [4.78, 5) is 4.50. The van der Waals surface area contributed by atoms with Gasteiger partial charge in [-0.1, -0.05) is 11.6 Å². The first-order valence-corrected chi connectivity index (χ1v) is 7.21. The monoisotopic (exact) mass is 239 g/mol. The summed E-state index contributed by atoms with van der Waals surface area (Å²) in [7, 11) is 0. The Labute approximate surface area is 99.6 Å². The van der Waals surface area contributed by atoms with Gasteiger partial charge >= 0.3 is 0 Å². The number of aromatic nitrogens is 2. The SMILES string of the molecule is C1CC(c2noc(CC3CSCCN3)n2)C1. The molecule has 0 spiro atoms. The van der Waals surface area contributed by atoms with E-state index < -0.39 is 0 Å². The Morgan fingerprint density at radius 2 is 2.38 bits per heavy atom. The summed E-state index contributed by atoms with van der Waals surface area (Å²) in [5, 5.41) is 7.57. The lowest BCUT2D eigenvalue weighted by molar-refractivity contribution is 0.340. The van der Waals surface area contributed by atoms with Crippen LogP contribution in [0.5, 0.6) is 0 Å². The van der Waals surface area contributed by atoms with Gasteiger partial charge in [-0.2, -0.15) is 16.7 Å². The van der Waals surface area contributed by atoms with E-state index in [4.69, 9.17) is 4.52 Å². The highest BCUT2D eigenvalue weighted by Crippen LogP contribution is 2.34. The third-order valence-corrected chi connectivity index (χ3v) is 4.50. The fourth-order valence-electron chi connectivity index (χ4n) is 2.14. The molecule has 1 saturated heterocycles. The van der Waals surface area contributed by atoms with Crippen molar-refractivity contribution in [1.29, 1.82) is 0 Å². The molecule has 1 atom stereocenters. The fraction of sp³-hybridized carbons (Fsp3) is 0.818. The molecule has 0 amide bonds. The summed E-state index contributed by atoms with van der Waals surface area (Å²) in [6.45, 7) is 1.10. The number of thioether (sulfide) groups is 1. The van der Waals surface area contributed by atoms with Gasteiger partial charge in [-0.25, -0.2) is 0 Å². The quantitative estimate of drug-likeness (QED) is 0.868. The molecular formula is C11H17N3OS. The lowest BCUT2D eigenvalue weighted by Gasteiger charge is -2.22. The molecule has 5 heteroatoms. The van der Waals surface area contributed by atoms with Crippen LogP contribution in [0.25, 0.3) is 0 Å². The highest BCUT2D eigenvalue weighted by atomic mass is 32.2. The Morgan fingerprint density at radius 3 is 3.06 bits per heavy atom. The summed E-state index contributed by atoms with van der Waals surface area (Å²) in [6, 6.07) is 0.508. The zero-order valence-electron chi connectivity index (χ0n) is 9.32. The molecule has 1 aliphatic heterocycles. The van der Waals surface area contributed by atoms with E-state index in [0.29, 0.717) is 12.0 Å². The predicted molar refractivity (Wildman–Crippen MR) is 63.7 cm³/mol. The maximum atomic E-state index is 5.31. The van der Waals surface area contributed by atoms with Crippen molar-refractivity contribution < 1.29 is 4.52 Å². The maximum Gasteiger partial charge on any atom is 0.228 e. The van der Waals surface area contributed by atoms with Crippen LogP contribution in [0.4, 0.5) is 0 Å². The highest BCUT2D eigenvalue weighted by Gasteiger charge is 2.25. The van der Waals surface area contributed by atoms with Crippen molar-refractivity contribution in [3.63, 3.8) is 0 Å². The van der Waals surface area contributed by atoms with Crippen molar-refractivity contribution in [2.75, 3.05) is 18.1 Å². The van der Waals surface area contributed by atoms with E-state index in [1.807, 2.05) is 11.8 Å². The normalized spacial score (nSPS) is 26.6. The maximum absolute atomic E-state index is 5.31. The standard InChI is InChI=1S/C11H17N3OS/c1-2-8(3-1)11-13-10(15-14-11)6-9-7-16-5-4-12-9/h8-9,12H,1-7H2. The van der Waals surface area contributed by atoms with Crippen LogP contribution < -0.4 is 5.32 Å². The highest BCUT2D eigenvalue weighted by molar-refractivity contribution is 7.99. The Kier molecular flexibility index (Phi) is 3.15. The first-order chi connectivity index (χ1) is 7.92. The van der Waals surface area contributed by atoms with Crippen molar-refractivity contribution in [1.82, 2.24) is 15.5 Å². The Bertz CT molecular complexity index is 345. The van der Waals surface area contributed by atoms with Crippen LogP contribution in [0, 0.1) is 0 Å². The largest absolute Gasteiger partial charge is 0.339 e. The van der Waals surface area contributed by atoms with E-state index >= 15 is 0 Å². The molecule has 1 unspecified atom stereocenters. The molecule has 0 bridgehead atoms. The van der Waals surface area contributed by atoms with Gasteiger partial charge in [0.25, 0.3) is 0 Å². The van der Waals surface area contributed by atoms with Crippen molar-refractivity contribution in [2.24, 2.45) is 0 Å². The molecule has 16 heavy (non-hydrogen) atoms. The molecule has 1 N–H and O–H groups in total. The lowest BCUT2D eigenvalue weighted by Crippen LogP contribution is -2.38. The number of hydrogen-bond acceptors (Lipinski definition) is 5. The molecule has 1 aliphatic carbocycles. The third-order valence-electron chi connectivity index (χ3n) is 3.37. The van der Waals surface area contributed by atoms with Gasteiger partial charge in [0.05, 0.1) is 0 Å². The van der Waals surface area contributed by atoms with E-state index in [-0.39, 0.29) is 0 Å². The second-order valence-electron chi connectivity index (χ2n) is 4.60.